The van der Waals surface area contributed by atoms with Gasteiger partial charge < -0.3 is 26.3 Å². The van der Waals surface area contributed by atoms with Crippen molar-refractivity contribution in [2.45, 2.75) is 0 Å². The molecule has 0 radical (unpaired) electrons. The number of aromatic amines is 1. The van der Waals surface area contributed by atoms with Crippen molar-refractivity contribution in [2.75, 3.05) is 21.3 Å². The zero-order chi connectivity index (χ0) is 22.6. The molecule has 0 aliphatic carbocycles. The number of para-hydroxylation sites is 1. The van der Waals surface area contributed by atoms with Crippen LogP contribution in [0, 0.1) is 0 Å². The van der Waals surface area contributed by atoms with Crippen LogP contribution in [0.4, 0.5) is 32.3 Å². The van der Waals surface area contributed by atoms with Gasteiger partial charge >= 0.3 is 12.1 Å². The van der Waals surface area contributed by atoms with Gasteiger partial charge in [-0.1, -0.05) is 48.5 Å². The molecule has 0 unspecified atom stereocenters. The van der Waals surface area contributed by atoms with Gasteiger partial charge in [-0.2, -0.15) is 0 Å². The van der Waals surface area contributed by atoms with Gasteiger partial charge in [-0.25, -0.2) is 9.59 Å². The minimum atomic E-state index is -0.355. The van der Waals surface area contributed by atoms with Crippen LogP contribution >= 0.6 is 0 Å². The molecule has 0 saturated carbocycles. The van der Waals surface area contributed by atoms with Gasteiger partial charge in [0.2, 0.25) is 0 Å². The lowest BCUT2D eigenvalue weighted by Gasteiger charge is -2.11. The first kappa shape index (κ1) is 20.1. The SMILES string of the molecule is O=C(Nc1ccc(NC(=O)Nc2cccc3cc[nH]c23)cc1)Nc1cccc2ccccc12. The lowest BCUT2D eigenvalue weighted by molar-refractivity contribution is 0.261. The van der Waals surface area contributed by atoms with E-state index < -0.39 is 0 Å². The maximum absolute atomic E-state index is 12.5. The van der Waals surface area contributed by atoms with Crippen LogP contribution in [0.1, 0.15) is 0 Å². The third kappa shape index (κ3) is 4.47. The zero-order valence-electron chi connectivity index (χ0n) is 17.6. The number of carbonyl (C=O) groups is 2. The van der Waals surface area contributed by atoms with E-state index in [-0.39, 0.29) is 12.1 Å². The predicted octanol–water partition coefficient (Wildman–Crippen LogP) is 6.61. The fourth-order valence-electron chi connectivity index (χ4n) is 3.73. The van der Waals surface area contributed by atoms with Crippen molar-refractivity contribution in [3.8, 4) is 0 Å². The zero-order valence-corrected chi connectivity index (χ0v) is 17.6. The normalized spacial score (nSPS) is 10.7. The quantitative estimate of drug-likeness (QED) is 0.219. The molecule has 7 heteroatoms. The number of aromatic nitrogens is 1. The number of amides is 4. The van der Waals surface area contributed by atoms with Gasteiger partial charge in [-0.05, 0) is 47.9 Å². The first-order valence-corrected chi connectivity index (χ1v) is 10.5. The molecule has 7 nitrogen and oxygen atoms in total. The number of benzene rings is 4. The minimum absolute atomic E-state index is 0.344. The van der Waals surface area contributed by atoms with Crippen LogP contribution in [0.3, 0.4) is 0 Å². The Labute approximate surface area is 189 Å². The fraction of sp³-hybridized carbons (Fsp3) is 0. The third-order valence-electron chi connectivity index (χ3n) is 5.27. The standard InChI is InChI=1S/C26H21N5O2/c32-25(30-22-9-3-6-17-5-1-2-8-21(17)22)28-19-11-13-20(14-12-19)29-26(33)31-23-10-4-7-18-15-16-27-24(18)23/h1-16,27H,(H2,28,30,32)(H2,29,31,33). The Morgan fingerprint density at radius 2 is 1.12 bits per heavy atom. The van der Waals surface area contributed by atoms with Crippen molar-refractivity contribution in [3.05, 3.63) is 97.2 Å². The Hall–Kier alpha value is -4.78. The molecule has 5 aromatic rings. The first-order chi connectivity index (χ1) is 16.2. The molecule has 0 spiro atoms. The molecule has 0 aliphatic rings. The van der Waals surface area contributed by atoms with E-state index in [1.165, 1.54) is 0 Å². The number of hydrogen-bond acceptors (Lipinski definition) is 2. The second kappa shape index (κ2) is 8.76. The van der Waals surface area contributed by atoms with Gasteiger partial charge in [0.1, 0.15) is 0 Å². The molecular formula is C26H21N5O2. The summed E-state index contributed by atoms with van der Waals surface area (Å²) in [7, 11) is 0. The van der Waals surface area contributed by atoms with Crippen molar-refractivity contribution < 1.29 is 9.59 Å². The fourth-order valence-corrected chi connectivity index (χ4v) is 3.73. The molecule has 0 atom stereocenters. The topological polar surface area (TPSA) is 98.1 Å². The molecule has 33 heavy (non-hydrogen) atoms. The number of hydrogen-bond donors (Lipinski definition) is 5. The van der Waals surface area contributed by atoms with Gasteiger partial charge in [0, 0.05) is 28.3 Å². The highest BCUT2D eigenvalue weighted by atomic mass is 16.2. The Kier molecular flexibility index (Phi) is 5.35. The first-order valence-electron chi connectivity index (χ1n) is 10.5. The van der Waals surface area contributed by atoms with Crippen molar-refractivity contribution in [3.63, 3.8) is 0 Å². The molecule has 0 saturated heterocycles. The highest BCUT2D eigenvalue weighted by molar-refractivity contribution is 6.07. The summed E-state index contributed by atoms with van der Waals surface area (Å²) in [4.78, 5) is 28.0. The summed E-state index contributed by atoms with van der Waals surface area (Å²) in [6.07, 6.45) is 1.83. The van der Waals surface area contributed by atoms with Gasteiger partial charge in [-0.3, -0.25) is 0 Å². The maximum atomic E-state index is 12.5. The van der Waals surface area contributed by atoms with E-state index in [1.54, 1.807) is 24.3 Å². The predicted molar refractivity (Wildman–Crippen MR) is 134 cm³/mol. The van der Waals surface area contributed by atoms with Crippen LogP contribution in [-0.4, -0.2) is 17.0 Å². The summed E-state index contributed by atoms with van der Waals surface area (Å²) in [5.74, 6) is 0. The molecule has 1 heterocycles. The highest BCUT2D eigenvalue weighted by Gasteiger charge is 2.08. The number of carbonyl (C=O) groups excluding carboxylic acids is 2. The van der Waals surface area contributed by atoms with Crippen molar-refractivity contribution in [1.82, 2.24) is 4.98 Å². The lowest BCUT2D eigenvalue weighted by Crippen LogP contribution is -2.20. The summed E-state index contributed by atoms with van der Waals surface area (Å²) < 4.78 is 0. The Morgan fingerprint density at radius 1 is 0.545 bits per heavy atom. The summed E-state index contributed by atoms with van der Waals surface area (Å²) in [5.41, 5.74) is 3.50. The van der Waals surface area contributed by atoms with Gasteiger partial charge in [0.05, 0.1) is 16.9 Å². The van der Waals surface area contributed by atoms with Crippen LogP contribution in [0.2, 0.25) is 0 Å². The lowest BCUT2D eigenvalue weighted by atomic mass is 10.1. The Morgan fingerprint density at radius 3 is 1.85 bits per heavy atom. The number of fused-ring (bicyclic) bond motifs is 2. The average molecular weight is 435 g/mol. The smallest absolute Gasteiger partial charge is 0.323 e. The molecule has 0 bridgehead atoms. The van der Waals surface area contributed by atoms with Crippen LogP contribution in [-0.2, 0) is 0 Å². The van der Waals surface area contributed by atoms with E-state index in [0.29, 0.717) is 17.1 Å². The summed E-state index contributed by atoms with van der Waals surface area (Å²) in [6, 6.07) is 27.5. The molecule has 4 aromatic carbocycles. The maximum Gasteiger partial charge on any atom is 0.323 e. The van der Waals surface area contributed by atoms with E-state index in [1.807, 2.05) is 72.9 Å². The molecule has 162 valence electrons. The summed E-state index contributed by atoms with van der Waals surface area (Å²) in [5, 5.41) is 14.4. The minimum Gasteiger partial charge on any atom is -0.359 e. The van der Waals surface area contributed by atoms with Gasteiger partial charge in [0.15, 0.2) is 0 Å². The highest BCUT2D eigenvalue weighted by Crippen LogP contribution is 2.24. The van der Waals surface area contributed by atoms with Crippen LogP contribution < -0.4 is 21.3 Å². The number of anilines is 4. The van der Waals surface area contributed by atoms with Crippen molar-refractivity contribution in [2.24, 2.45) is 0 Å². The van der Waals surface area contributed by atoms with E-state index in [2.05, 4.69) is 26.3 Å². The molecule has 5 rings (SSSR count). The molecule has 4 amide bonds. The van der Waals surface area contributed by atoms with E-state index >= 15 is 0 Å². The Balaban J connectivity index is 1.20. The van der Waals surface area contributed by atoms with E-state index in [0.717, 1.165) is 27.4 Å². The van der Waals surface area contributed by atoms with Crippen LogP contribution in [0.25, 0.3) is 21.7 Å². The monoisotopic (exact) mass is 435 g/mol. The number of H-pyrrole nitrogens is 1. The largest absolute Gasteiger partial charge is 0.359 e. The third-order valence-corrected chi connectivity index (χ3v) is 5.27. The van der Waals surface area contributed by atoms with Crippen molar-refractivity contribution >= 4 is 56.5 Å². The van der Waals surface area contributed by atoms with Crippen LogP contribution in [0.5, 0.6) is 0 Å². The molecule has 5 N–H and O–H groups in total. The summed E-state index contributed by atoms with van der Waals surface area (Å²) in [6.45, 7) is 0. The number of nitrogens with one attached hydrogen (secondary N) is 5. The second-order valence-corrected chi connectivity index (χ2v) is 7.51. The molecule has 0 fully saturated rings. The van der Waals surface area contributed by atoms with Gasteiger partial charge in [-0.15, -0.1) is 0 Å². The van der Waals surface area contributed by atoms with E-state index in [9.17, 15) is 9.59 Å². The second-order valence-electron chi connectivity index (χ2n) is 7.51. The Bertz CT molecular complexity index is 1450. The van der Waals surface area contributed by atoms with Crippen molar-refractivity contribution in [1.29, 1.82) is 0 Å². The molecule has 1 aromatic heterocycles. The van der Waals surface area contributed by atoms with Gasteiger partial charge in [0.25, 0.3) is 0 Å². The molecular weight excluding hydrogens is 414 g/mol. The average Bonchev–Trinajstić information content (AvgIpc) is 3.31. The molecule has 0 aliphatic heterocycles. The summed E-state index contributed by atoms with van der Waals surface area (Å²) >= 11 is 0. The van der Waals surface area contributed by atoms with Crippen LogP contribution in [0.15, 0.2) is 97.2 Å². The number of urea groups is 2. The number of rotatable bonds is 4. The van der Waals surface area contributed by atoms with E-state index in [4.69, 9.17) is 0 Å².